The maximum atomic E-state index is 13.8. The third kappa shape index (κ3) is 3.95. The lowest BCUT2D eigenvalue weighted by Gasteiger charge is -2.04. The van der Waals surface area contributed by atoms with Gasteiger partial charge in [0.15, 0.2) is 6.67 Å². The predicted octanol–water partition coefficient (Wildman–Crippen LogP) is 4.05. The highest BCUT2D eigenvalue weighted by atomic mass is 32.1. The van der Waals surface area contributed by atoms with Crippen molar-refractivity contribution >= 4 is 23.2 Å². The molecule has 3 aromatic rings. The van der Waals surface area contributed by atoms with Crippen molar-refractivity contribution in [2.45, 2.75) is 6.42 Å². The molecule has 1 N–H and O–H groups in total. The molecule has 2 heterocycles. The molecule has 0 aliphatic carbocycles. The Hall–Kier alpha value is -3.26. The van der Waals surface area contributed by atoms with E-state index in [2.05, 4.69) is 25.5 Å². The summed E-state index contributed by atoms with van der Waals surface area (Å²) in [4.78, 5) is 20.8. The molecule has 4 rings (SSSR count). The summed E-state index contributed by atoms with van der Waals surface area (Å²) in [7, 11) is 0. The summed E-state index contributed by atoms with van der Waals surface area (Å²) in [5.41, 5.74) is 2.64. The number of aromatic nitrogens is 1. The van der Waals surface area contributed by atoms with Crippen LogP contribution in [-0.2, 0) is 6.42 Å². The molecule has 6 nitrogen and oxygen atoms in total. The zero-order valence-electron chi connectivity index (χ0n) is 14.1. The van der Waals surface area contributed by atoms with Gasteiger partial charge in [0, 0.05) is 22.9 Å². The Morgan fingerprint density at radius 1 is 1.19 bits per heavy atom. The summed E-state index contributed by atoms with van der Waals surface area (Å²) < 4.78 is 13.8. The fraction of sp³-hybridized carbons (Fsp3) is 0.105. The molecule has 0 radical (unpaired) electrons. The summed E-state index contributed by atoms with van der Waals surface area (Å²) in [5, 5.41) is 12.8. The van der Waals surface area contributed by atoms with Gasteiger partial charge in [-0.2, -0.15) is 5.11 Å². The van der Waals surface area contributed by atoms with Gasteiger partial charge in [0.2, 0.25) is 5.96 Å². The van der Waals surface area contributed by atoms with Crippen LogP contribution in [0.4, 0.5) is 4.39 Å². The number of nitrogens with one attached hydrogen (secondary N) is 1. The van der Waals surface area contributed by atoms with Crippen molar-refractivity contribution < 1.29 is 9.18 Å². The minimum absolute atomic E-state index is 0.214. The number of hydrogen-bond acceptors (Lipinski definition) is 6. The maximum Gasteiger partial charge on any atom is 0.258 e. The molecule has 1 aliphatic rings. The highest BCUT2D eigenvalue weighted by Gasteiger charge is 2.13. The second-order valence-electron chi connectivity index (χ2n) is 5.79. The molecule has 0 spiro atoms. The average molecular weight is 379 g/mol. The lowest BCUT2D eigenvalue weighted by molar-refractivity contribution is 0.0976. The van der Waals surface area contributed by atoms with Crippen molar-refractivity contribution in [2.75, 3.05) is 6.67 Å². The second-order valence-corrected chi connectivity index (χ2v) is 6.74. The van der Waals surface area contributed by atoms with E-state index in [0.717, 1.165) is 16.3 Å². The van der Waals surface area contributed by atoms with Gasteiger partial charge in [0.25, 0.3) is 5.91 Å². The first kappa shape index (κ1) is 17.2. The molecule has 0 unspecified atom stereocenters. The molecule has 27 heavy (non-hydrogen) atoms. The lowest BCUT2D eigenvalue weighted by Crippen LogP contribution is -2.28. The van der Waals surface area contributed by atoms with E-state index in [0.29, 0.717) is 17.5 Å². The minimum atomic E-state index is -0.307. The van der Waals surface area contributed by atoms with Crippen LogP contribution in [0.3, 0.4) is 0 Å². The average Bonchev–Trinajstić information content (AvgIpc) is 3.36. The standard InChI is InChI=1S/C19H14FN5OS/c20-15-7-2-1-4-12(15)9-17-23-16(10-27-17)13-5-3-6-14(8-13)18(26)24-19-21-11-22-25-19/h1-8,10H,9,11H2,(H,21,24,26). The largest absolute Gasteiger partial charge is 0.289 e. The summed E-state index contributed by atoms with van der Waals surface area (Å²) >= 11 is 1.46. The van der Waals surface area contributed by atoms with Gasteiger partial charge in [-0.15, -0.1) is 16.5 Å². The molecule has 1 amide bonds. The number of aliphatic imine (C=N–C) groups is 1. The number of carbonyl (C=O) groups excluding carboxylic acids is 1. The van der Waals surface area contributed by atoms with Gasteiger partial charge in [0.05, 0.1) is 10.7 Å². The molecular formula is C19H14FN5OS. The van der Waals surface area contributed by atoms with Gasteiger partial charge in [-0.3, -0.25) is 10.1 Å². The van der Waals surface area contributed by atoms with Crippen LogP contribution in [0.5, 0.6) is 0 Å². The first-order valence-electron chi connectivity index (χ1n) is 8.20. The number of halogens is 1. The number of amides is 1. The number of benzene rings is 2. The number of guanidine groups is 1. The van der Waals surface area contributed by atoms with Gasteiger partial charge < -0.3 is 0 Å². The van der Waals surface area contributed by atoms with E-state index in [1.165, 1.54) is 17.4 Å². The second kappa shape index (κ2) is 7.55. The number of carbonyl (C=O) groups is 1. The first-order valence-corrected chi connectivity index (χ1v) is 9.08. The van der Waals surface area contributed by atoms with E-state index >= 15 is 0 Å². The van der Waals surface area contributed by atoms with Gasteiger partial charge in [-0.05, 0) is 23.8 Å². The number of hydrogen-bond donors (Lipinski definition) is 1. The van der Waals surface area contributed by atoms with Crippen LogP contribution in [0.2, 0.25) is 0 Å². The lowest BCUT2D eigenvalue weighted by atomic mass is 10.1. The molecule has 134 valence electrons. The van der Waals surface area contributed by atoms with Crippen molar-refractivity contribution in [3.05, 3.63) is 75.9 Å². The van der Waals surface area contributed by atoms with E-state index in [1.807, 2.05) is 17.5 Å². The zero-order valence-corrected chi connectivity index (χ0v) is 14.9. The Labute approximate surface area is 158 Å². The van der Waals surface area contributed by atoms with Crippen LogP contribution >= 0.6 is 11.3 Å². The molecular weight excluding hydrogens is 365 g/mol. The van der Waals surface area contributed by atoms with Crippen LogP contribution < -0.4 is 5.32 Å². The van der Waals surface area contributed by atoms with E-state index in [4.69, 9.17) is 0 Å². The third-order valence-electron chi connectivity index (χ3n) is 3.95. The number of azo groups is 1. The zero-order chi connectivity index (χ0) is 18.6. The molecule has 0 fully saturated rings. The summed E-state index contributed by atoms with van der Waals surface area (Å²) in [6, 6.07) is 13.8. The molecule has 1 aliphatic heterocycles. The topological polar surface area (TPSA) is 79.1 Å². The number of rotatable bonds is 4. The Morgan fingerprint density at radius 2 is 2.07 bits per heavy atom. The minimum Gasteiger partial charge on any atom is -0.289 e. The van der Waals surface area contributed by atoms with Gasteiger partial charge >= 0.3 is 0 Å². The highest BCUT2D eigenvalue weighted by molar-refractivity contribution is 7.10. The molecule has 2 aromatic carbocycles. The normalized spacial score (nSPS) is 12.9. The first-order chi connectivity index (χ1) is 13.2. The van der Waals surface area contributed by atoms with E-state index in [1.54, 1.807) is 30.3 Å². The van der Waals surface area contributed by atoms with Crippen molar-refractivity contribution in [2.24, 2.45) is 15.2 Å². The van der Waals surface area contributed by atoms with Gasteiger partial charge in [0.1, 0.15) is 5.82 Å². The van der Waals surface area contributed by atoms with Crippen LogP contribution in [0.15, 0.2) is 69.1 Å². The van der Waals surface area contributed by atoms with Crippen molar-refractivity contribution in [3.8, 4) is 11.3 Å². The number of thiazole rings is 1. The van der Waals surface area contributed by atoms with E-state index in [9.17, 15) is 9.18 Å². The van der Waals surface area contributed by atoms with Crippen LogP contribution in [0.25, 0.3) is 11.3 Å². The molecule has 0 saturated heterocycles. The van der Waals surface area contributed by atoms with Crippen LogP contribution in [0, 0.1) is 5.82 Å². The molecule has 8 heteroatoms. The molecule has 0 saturated carbocycles. The van der Waals surface area contributed by atoms with E-state index < -0.39 is 0 Å². The van der Waals surface area contributed by atoms with Crippen molar-refractivity contribution in [3.63, 3.8) is 0 Å². The Kier molecular flexibility index (Phi) is 4.80. The van der Waals surface area contributed by atoms with Gasteiger partial charge in [-0.25, -0.2) is 14.4 Å². The van der Waals surface area contributed by atoms with Crippen LogP contribution in [-0.4, -0.2) is 23.5 Å². The highest BCUT2D eigenvalue weighted by Crippen LogP contribution is 2.25. The summed E-state index contributed by atoms with van der Waals surface area (Å²) in [5.74, 6) is -0.329. The predicted molar refractivity (Wildman–Crippen MR) is 101 cm³/mol. The fourth-order valence-corrected chi connectivity index (χ4v) is 3.44. The summed E-state index contributed by atoms with van der Waals surface area (Å²) in [6.07, 6.45) is 0.433. The van der Waals surface area contributed by atoms with Crippen LogP contribution in [0.1, 0.15) is 20.9 Å². The van der Waals surface area contributed by atoms with E-state index in [-0.39, 0.29) is 24.4 Å². The van der Waals surface area contributed by atoms with Crippen molar-refractivity contribution in [1.29, 1.82) is 0 Å². The quantitative estimate of drug-likeness (QED) is 0.742. The Balaban J connectivity index is 1.52. The van der Waals surface area contributed by atoms with Crippen molar-refractivity contribution in [1.82, 2.24) is 10.3 Å². The Bertz CT molecular complexity index is 1060. The Morgan fingerprint density at radius 3 is 2.89 bits per heavy atom. The third-order valence-corrected chi connectivity index (χ3v) is 4.80. The molecule has 0 atom stereocenters. The summed E-state index contributed by atoms with van der Waals surface area (Å²) in [6.45, 7) is 0.235. The monoisotopic (exact) mass is 379 g/mol. The molecule has 0 bridgehead atoms. The maximum absolute atomic E-state index is 13.8. The smallest absolute Gasteiger partial charge is 0.258 e. The molecule has 1 aromatic heterocycles. The SMILES string of the molecule is O=C(NC1=NCN=N1)c1cccc(-c2csc(Cc3ccccc3F)n2)c1. The van der Waals surface area contributed by atoms with Gasteiger partial charge in [-0.1, -0.05) is 30.3 Å². The fourth-order valence-electron chi connectivity index (χ4n) is 2.62. The number of nitrogens with zero attached hydrogens (tertiary/aromatic N) is 4.